The summed E-state index contributed by atoms with van der Waals surface area (Å²) in [5.74, 6) is -0.284. The molecular formula is C21H31F2N5O. The zero-order valence-corrected chi connectivity index (χ0v) is 17.4. The number of nitrogens with one attached hydrogen (secondary N) is 2. The highest BCUT2D eigenvalue weighted by molar-refractivity contribution is 5.81. The number of aliphatic imine (C=N–C) groups is 1. The van der Waals surface area contributed by atoms with Crippen molar-refractivity contribution in [2.24, 2.45) is 16.8 Å². The molecule has 2 aliphatic rings. The van der Waals surface area contributed by atoms with Crippen LogP contribution in [0.2, 0.25) is 0 Å². The fourth-order valence-electron chi connectivity index (χ4n) is 3.99. The summed E-state index contributed by atoms with van der Waals surface area (Å²) in [5.41, 5.74) is 0.717. The molecule has 1 aromatic carbocycles. The van der Waals surface area contributed by atoms with Crippen molar-refractivity contribution < 1.29 is 13.6 Å². The molecule has 0 aliphatic carbocycles. The molecule has 2 fully saturated rings. The Morgan fingerprint density at radius 1 is 1.21 bits per heavy atom. The van der Waals surface area contributed by atoms with Gasteiger partial charge in [-0.3, -0.25) is 9.79 Å². The highest BCUT2D eigenvalue weighted by atomic mass is 19.2. The molecule has 2 N–H and O–H groups in total. The van der Waals surface area contributed by atoms with Crippen LogP contribution in [-0.2, 0) is 4.79 Å². The van der Waals surface area contributed by atoms with Gasteiger partial charge >= 0.3 is 0 Å². The van der Waals surface area contributed by atoms with E-state index in [4.69, 9.17) is 0 Å². The second-order valence-electron chi connectivity index (χ2n) is 8.22. The molecule has 2 saturated heterocycles. The van der Waals surface area contributed by atoms with E-state index in [1.807, 2.05) is 18.7 Å². The molecule has 3 rings (SSSR count). The molecule has 0 radical (unpaired) electrons. The van der Waals surface area contributed by atoms with Crippen LogP contribution in [0, 0.1) is 23.5 Å². The minimum atomic E-state index is -0.818. The maximum atomic E-state index is 13.5. The number of guanidine groups is 1. The maximum absolute atomic E-state index is 13.5. The number of carbonyl (C=O) groups is 1. The van der Waals surface area contributed by atoms with E-state index < -0.39 is 11.6 Å². The fourth-order valence-corrected chi connectivity index (χ4v) is 3.99. The van der Waals surface area contributed by atoms with Crippen molar-refractivity contribution in [1.82, 2.24) is 15.5 Å². The van der Waals surface area contributed by atoms with Crippen LogP contribution in [0.5, 0.6) is 0 Å². The number of rotatable bonds is 5. The van der Waals surface area contributed by atoms with E-state index in [0.717, 1.165) is 50.7 Å². The quantitative estimate of drug-likeness (QED) is 0.581. The molecule has 6 nitrogen and oxygen atoms in total. The van der Waals surface area contributed by atoms with E-state index in [1.165, 1.54) is 12.1 Å². The van der Waals surface area contributed by atoms with Crippen LogP contribution < -0.4 is 15.5 Å². The summed E-state index contributed by atoms with van der Waals surface area (Å²) in [5, 5.41) is 6.78. The van der Waals surface area contributed by atoms with Gasteiger partial charge in [0.2, 0.25) is 5.91 Å². The normalized spacial score (nSPS) is 22.5. The number of likely N-dealkylation sites (tertiary alicyclic amines) is 1. The van der Waals surface area contributed by atoms with Gasteiger partial charge in [0.15, 0.2) is 17.6 Å². The van der Waals surface area contributed by atoms with Gasteiger partial charge < -0.3 is 20.4 Å². The Labute approximate surface area is 171 Å². The van der Waals surface area contributed by atoms with E-state index >= 15 is 0 Å². The van der Waals surface area contributed by atoms with Crippen LogP contribution in [0.3, 0.4) is 0 Å². The molecule has 2 unspecified atom stereocenters. The topological polar surface area (TPSA) is 60.0 Å². The molecule has 0 bridgehead atoms. The second kappa shape index (κ2) is 9.41. The first-order chi connectivity index (χ1) is 13.9. The average Bonchev–Trinajstić information content (AvgIpc) is 3.36. The molecule has 0 spiro atoms. The Morgan fingerprint density at radius 3 is 2.69 bits per heavy atom. The Hall–Kier alpha value is -2.38. The van der Waals surface area contributed by atoms with E-state index in [-0.39, 0.29) is 17.9 Å². The van der Waals surface area contributed by atoms with Crippen molar-refractivity contribution in [2.45, 2.75) is 32.7 Å². The minimum absolute atomic E-state index is 0.0195. The van der Waals surface area contributed by atoms with Gasteiger partial charge in [-0.2, -0.15) is 0 Å². The van der Waals surface area contributed by atoms with Crippen LogP contribution in [0.4, 0.5) is 14.5 Å². The van der Waals surface area contributed by atoms with E-state index in [1.54, 1.807) is 13.1 Å². The summed E-state index contributed by atoms with van der Waals surface area (Å²) >= 11 is 0. The Kier molecular flexibility index (Phi) is 6.92. The smallest absolute Gasteiger partial charge is 0.225 e. The molecule has 0 aromatic heterocycles. The molecule has 2 atom stereocenters. The third-order valence-corrected chi connectivity index (χ3v) is 5.67. The summed E-state index contributed by atoms with van der Waals surface area (Å²) in [6, 6.07) is 4.26. The number of anilines is 1. The van der Waals surface area contributed by atoms with Crippen molar-refractivity contribution in [3.8, 4) is 0 Å². The predicted octanol–water partition coefficient (Wildman–Crippen LogP) is 2.21. The molecule has 2 aliphatic heterocycles. The van der Waals surface area contributed by atoms with Gasteiger partial charge in [0, 0.05) is 63.5 Å². The number of benzene rings is 1. The van der Waals surface area contributed by atoms with Crippen molar-refractivity contribution in [1.29, 1.82) is 0 Å². The van der Waals surface area contributed by atoms with Gasteiger partial charge in [-0.25, -0.2) is 8.78 Å². The molecule has 29 heavy (non-hydrogen) atoms. The largest absolute Gasteiger partial charge is 0.371 e. The molecule has 2 heterocycles. The van der Waals surface area contributed by atoms with Crippen molar-refractivity contribution in [2.75, 3.05) is 44.7 Å². The van der Waals surface area contributed by atoms with Crippen LogP contribution >= 0.6 is 0 Å². The van der Waals surface area contributed by atoms with Crippen LogP contribution in [0.1, 0.15) is 26.7 Å². The molecule has 8 heteroatoms. The third-order valence-electron chi connectivity index (χ3n) is 5.67. The van der Waals surface area contributed by atoms with Crippen LogP contribution in [0.25, 0.3) is 0 Å². The predicted molar refractivity (Wildman–Crippen MR) is 111 cm³/mol. The average molecular weight is 408 g/mol. The highest BCUT2D eigenvalue weighted by Gasteiger charge is 2.28. The standard InChI is InChI=1S/C21H31F2N5O/c1-14(2)20(29)28-9-7-16(13-28)26-21(24-3)25-11-15-6-8-27(12-15)17-4-5-18(22)19(23)10-17/h4-5,10,14-16H,6-9,11-13H2,1-3H3,(H2,24,25,26). The van der Waals surface area contributed by atoms with Crippen molar-refractivity contribution in [3.05, 3.63) is 29.8 Å². The lowest BCUT2D eigenvalue weighted by Crippen LogP contribution is -2.46. The molecule has 0 saturated carbocycles. The van der Waals surface area contributed by atoms with Gasteiger partial charge in [-0.15, -0.1) is 0 Å². The molecule has 160 valence electrons. The fraction of sp³-hybridized carbons (Fsp3) is 0.619. The van der Waals surface area contributed by atoms with Crippen LogP contribution in [0.15, 0.2) is 23.2 Å². The van der Waals surface area contributed by atoms with Gasteiger partial charge in [-0.1, -0.05) is 13.8 Å². The van der Waals surface area contributed by atoms with Crippen LogP contribution in [-0.4, -0.2) is 62.6 Å². The Balaban J connectivity index is 1.44. The molecule has 1 aromatic rings. The summed E-state index contributed by atoms with van der Waals surface area (Å²) in [6.07, 6.45) is 1.88. The lowest BCUT2D eigenvalue weighted by Gasteiger charge is -2.22. The maximum Gasteiger partial charge on any atom is 0.225 e. The van der Waals surface area contributed by atoms with Crippen molar-refractivity contribution >= 4 is 17.6 Å². The number of halogens is 2. The van der Waals surface area contributed by atoms with E-state index in [9.17, 15) is 13.6 Å². The number of hydrogen-bond acceptors (Lipinski definition) is 3. The minimum Gasteiger partial charge on any atom is -0.371 e. The summed E-state index contributed by atoms with van der Waals surface area (Å²) in [7, 11) is 1.74. The number of amides is 1. The summed E-state index contributed by atoms with van der Waals surface area (Å²) in [4.78, 5) is 20.4. The SMILES string of the molecule is CN=C(NCC1CCN(c2ccc(F)c(F)c2)C1)NC1CCN(C(=O)C(C)C)C1. The lowest BCUT2D eigenvalue weighted by molar-refractivity contribution is -0.133. The first-order valence-corrected chi connectivity index (χ1v) is 10.3. The van der Waals surface area contributed by atoms with E-state index in [2.05, 4.69) is 20.5 Å². The second-order valence-corrected chi connectivity index (χ2v) is 8.22. The zero-order valence-electron chi connectivity index (χ0n) is 17.4. The summed E-state index contributed by atoms with van der Waals surface area (Å²) in [6.45, 7) is 7.68. The summed E-state index contributed by atoms with van der Waals surface area (Å²) < 4.78 is 26.6. The van der Waals surface area contributed by atoms with Gasteiger partial charge in [0.05, 0.1) is 0 Å². The first-order valence-electron chi connectivity index (χ1n) is 10.3. The monoisotopic (exact) mass is 407 g/mol. The number of carbonyl (C=O) groups excluding carboxylic acids is 1. The van der Waals surface area contributed by atoms with Gasteiger partial charge in [-0.05, 0) is 30.9 Å². The molecular weight excluding hydrogens is 376 g/mol. The Bertz CT molecular complexity index is 755. The van der Waals surface area contributed by atoms with Gasteiger partial charge in [0.1, 0.15) is 0 Å². The number of nitrogens with zero attached hydrogens (tertiary/aromatic N) is 3. The first kappa shape index (κ1) is 21.3. The Morgan fingerprint density at radius 2 is 2.00 bits per heavy atom. The highest BCUT2D eigenvalue weighted by Crippen LogP contribution is 2.25. The van der Waals surface area contributed by atoms with Crippen molar-refractivity contribution in [3.63, 3.8) is 0 Å². The van der Waals surface area contributed by atoms with E-state index in [0.29, 0.717) is 12.5 Å². The zero-order chi connectivity index (χ0) is 21.0. The lowest BCUT2D eigenvalue weighted by atomic mass is 10.1. The molecule has 1 amide bonds. The van der Waals surface area contributed by atoms with Gasteiger partial charge in [0.25, 0.3) is 0 Å². The number of hydrogen-bond donors (Lipinski definition) is 2. The third kappa shape index (κ3) is 5.36.